The Balaban J connectivity index is 1.80. The summed E-state index contributed by atoms with van der Waals surface area (Å²) in [6.07, 6.45) is 2.74. The molecule has 0 bridgehead atoms. The lowest BCUT2D eigenvalue weighted by Gasteiger charge is -2.12. The maximum Gasteiger partial charge on any atom is 0.269 e. The Labute approximate surface area is 205 Å². The number of nitrogens with zero attached hydrogens (tertiary/aromatic N) is 3. The van der Waals surface area contributed by atoms with Crippen LogP contribution in [0, 0.1) is 18.3 Å². The summed E-state index contributed by atoms with van der Waals surface area (Å²) in [7, 11) is 1.55. The van der Waals surface area contributed by atoms with Crippen molar-refractivity contribution in [3.63, 3.8) is 0 Å². The first-order chi connectivity index (χ1) is 16.9. The van der Waals surface area contributed by atoms with Gasteiger partial charge in [0.1, 0.15) is 34.4 Å². The third-order valence-electron chi connectivity index (χ3n) is 5.08. The van der Waals surface area contributed by atoms with Crippen LogP contribution in [0.3, 0.4) is 0 Å². The number of nitrogens with one attached hydrogen (secondary N) is 1. The molecule has 0 aliphatic heterocycles. The number of carbonyl (C=O) groups excluding carboxylic acids is 1. The maximum absolute atomic E-state index is 13.4. The standard InChI is InChI=1S/C26H19ClN4O4/c1-16-4-3-13-31-23(16)30-25(35-21-11-9-20(34-2)10-12-21)22(26(31)33)14-17(15-28)24(32)29-19-7-5-18(27)6-8-19/h3-14H,1-2H3,(H,29,32)/b17-14-. The Morgan fingerprint density at radius 2 is 1.80 bits per heavy atom. The highest BCUT2D eigenvalue weighted by Gasteiger charge is 2.18. The quantitative estimate of drug-likeness (QED) is 0.303. The second-order valence-electron chi connectivity index (χ2n) is 7.43. The van der Waals surface area contributed by atoms with E-state index in [0.29, 0.717) is 27.9 Å². The van der Waals surface area contributed by atoms with E-state index in [4.69, 9.17) is 21.1 Å². The molecule has 0 aliphatic carbocycles. The van der Waals surface area contributed by atoms with Gasteiger partial charge in [-0.15, -0.1) is 0 Å². The first kappa shape index (κ1) is 23.5. The van der Waals surface area contributed by atoms with Crippen molar-refractivity contribution in [1.29, 1.82) is 5.26 Å². The number of carbonyl (C=O) groups is 1. The van der Waals surface area contributed by atoms with Gasteiger partial charge >= 0.3 is 0 Å². The third-order valence-corrected chi connectivity index (χ3v) is 5.33. The molecule has 0 spiro atoms. The third kappa shape index (κ3) is 5.16. The summed E-state index contributed by atoms with van der Waals surface area (Å²) in [6, 6.07) is 18.5. The lowest BCUT2D eigenvalue weighted by atomic mass is 10.1. The Morgan fingerprint density at radius 3 is 2.46 bits per heavy atom. The molecule has 4 rings (SSSR count). The van der Waals surface area contributed by atoms with E-state index in [0.717, 1.165) is 5.56 Å². The summed E-state index contributed by atoms with van der Waals surface area (Å²) in [5.41, 5.74) is 0.745. The number of nitriles is 1. The van der Waals surface area contributed by atoms with Crippen molar-refractivity contribution in [3.8, 4) is 23.4 Å². The molecule has 0 aliphatic rings. The number of rotatable bonds is 6. The van der Waals surface area contributed by atoms with Gasteiger partial charge in [0.15, 0.2) is 0 Å². The molecule has 1 N–H and O–H groups in total. The lowest BCUT2D eigenvalue weighted by molar-refractivity contribution is -0.112. The lowest BCUT2D eigenvalue weighted by Crippen LogP contribution is -2.20. The maximum atomic E-state index is 13.4. The van der Waals surface area contributed by atoms with Gasteiger partial charge in [0.2, 0.25) is 5.88 Å². The highest BCUT2D eigenvalue weighted by Crippen LogP contribution is 2.26. The van der Waals surface area contributed by atoms with Crippen LogP contribution < -0.4 is 20.3 Å². The van der Waals surface area contributed by atoms with Crippen molar-refractivity contribution in [2.75, 3.05) is 12.4 Å². The fraction of sp³-hybridized carbons (Fsp3) is 0.0769. The van der Waals surface area contributed by atoms with E-state index in [-0.39, 0.29) is 17.0 Å². The summed E-state index contributed by atoms with van der Waals surface area (Å²) in [5, 5.41) is 12.8. The van der Waals surface area contributed by atoms with Crippen molar-refractivity contribution in [2.24, 2.45) is 0 Å². The van der Waals surface area contributed by atoms with Crippen molar-refractivity contribution < 1.29 is 14.3 Å². The van der Waals surface area contributed by atoms with E-state index < -0.39 is 11.5 Å². The summed E-state index contributed by atoms with van der Waals surface area (Å²) in [4.78, 5) is 30.7. The van der Waals surface area contributed by atoms with Crippen molar-refractivity contribution in [2.45, 2.75) is 6.92 Å². The van der Waals surface area contributed by atoms with E-state index in [1.54, 1.807) is 67.9 Å². The highest BCUT2D eigenvalue weighted by atomic mass is 35.5. The van der Waals surface area contributed by atoms with Crippen LogP contribution in [0.4, 0.5) is 5.69 Å². The summed E-state index contributed by atoms with van der Waals surface area (Å²) in [6.45, 7) is 1.81. The minimum Gasteiger partial charge on any atom is -0.497 e. The zero-order valence-electron chi connectivity index (χ0n) is 18.8. The number of amides is 1. The summed E-state index contributed by atoms with van der Waals surface area (Å²) in [5.74, 6) is 0.292. The predicted molar refractivity (Wildman–Crippen MR) is 133 cm³/mol. The second kappa shape index (κ2) is 10.1. The largest absolute Gasteiger partial charge is 0.497 e. The molecule has 0 saturated heterocycles. The van der Waals surface area contributed by atoms with Crippen LogP contribution in [0.15, 0.2) is 77.2 Å². The van der Waals surface area contributed by atoms with Gasteiger partial charge in [0.25, 0.3) is 11.5 Å². The van der Waals surface area contributed by atoms with Gasteiger partial charge in [-0.25, -0.2) is 0 Å². The molecule has 9 heteroatoms. The number of benzene rings is 2. The number of ether oxygens (including phenoxy) is 2. The van der Waals surface area contributed by atoms with Crippen LogP contribution in [0.5, 0.6) is 17.4 Å². The topological polar surface area (TPSA) is 106 Å². The molecule has 174 valence electrons. The molecule has 35 heavy (non-hydrogen) atoms. The van der Waals surface area contributed by atoms with Crippen LogP contribution >= 0.6 is 11.6 Å². The van der Waals surface area contributed by atoms with Gasteiger partial charge in [0.05, 0.1) is 7.11 Å². The second-order valence-corrected chi connectivity index (χ2v) is 7.87. The Hall–Kier alpha value is -4.61. The zero-order chi connectivity index (χ0) is 24.9. The van der Waals surface area contributed by atoms with Crippen LogP contribution in [-0.4, -0.2) is 22.4 Å². The van der Waals surface area contributed by atoms with Crippen LogP contribution in [0.25, 0.3) is 11.7 Å². The number of hydrogen-bond acceptors (Lipinski definition) is 6. The summed E-state index contributed by atoms with van der Waals surface area (Å²) >= 11 is 5.88. The van der Waals surface area contributed by atoms with Crippen molar-refractivity contribution in [3.05, 3.63) is 98.9 Å². The molecule has 0 atom stereocenters. The monoisotopic (exact) mass is 486 g/mol. The van der Waals surface area contributed by atoms with Gasteiger partial charge in [-0.3, -0.25) is 14.0 Å². The summed E-state index contributed by atoms with van der Waals surface area (Å²) < 4.78 is 12.4. The molecule has 0 fully saturated rings. The van der Waals surface area contributed by atoms with E-state index in [1.165, 1.54) is 10.5 Å². The predicted octanol–water partition coefficient (Wildman–Crippen LogP) is 5.00. The number of fused-ring (bicyclic) bond motifs is 1. The number of aromatic nitrogens is 2. The van der Waals surface area contributed by atoms with Crippen LogP contribution in [0.2, 0.25) is 5.02 Å². The van der Waals surface area contributed by atoms with Crippen molar-refractivity contribution in [1.82, 2.24) is 9.38 Å². The van der Waals surface area contributed by atoms with Crippen molar-refractivity contribution >= 4 is 34.9 Å². The van der Waals surface area contributed by atoms with Crippen LogP contribution in [0.1, 0.15) is 11.1 Å². The molecule has 8 nitrogen and oxygen atoms in total. The average Bonchev–Trinajstić information content (AvgIpc) is 2.86. The fourth-order valence-corrected chi connectivity index (χ4v) is 3.40. The van der Waals surface area contributed by atoms with Gasteiger partial charge in [-0.05, 0) is 73.2 Å². The molecule has 0 radical (unpaired) electrons. The first-order valence-corrected chi connectivity index (χ1v) is 10.8. The molecule has 0 unspecified atom stereocenters. The Bertz CT molecular complexity index is 1540. The van der Waals surface area contributed by atoms with E-state index >= 15 is 0 Å². The van der Waals surface area contributed by atoms with E-state index in [1.807, 2.05) is 19.1 Å². The molecular weight excluding hydrogens is 468 g/mol. The van der Waals surface area contributed by atoms with E-state index in [9.17, 15) is 14.9 Å². The molecular formula is C26H19ClN4O4. The molecule has 2 heterocycles. The molecule has 2 aromatic carbocycles. The number of methoxy groups -OCH3 is 1. The average molecular weight is 487 g/mol. The SMILES string of the molecule is COc1ccc(Oc2nc3c(C)cccn3c(=O)c2/C=C(/C#N)C(=O)Nc2ccc(Cl)cc2)cc1. The van der Waals surface area contributed by atoms with E-state index in [2.05, 4.69) is 10.3 Å². The molecule has 4 aromatic rings. The Morgan fingerprint density at radius 1 is 1.11 bits per heavy atom. The first-order valence-electron chi connectivity index (χ1n) is 10.4. The smallest absolute Gasteiger partial charge is 0.269 e. The van der Waals surface area contributed by atoms with Gasteiger partial charge in [-0.2, -0.15) is 10.2 Å². The molecule has 2 aromatic heterocycles. The Kier molecular flexibility index (Phi) is 6.81. The number of hydrogen-bond donors (Lipinski definition) is 1. The zero-order valence-corrected chi connectivity index (χ0v) is 19.5. The van der Waals surface area contributed by atoms with Gasteiger partial charge in [-0.1, -0.05) is 17.7 Å². The number of aryl methyl sites for hydroxylation is 1. The minimum absolute atomic E-state index is 0.0403. The normalized spacial score (nSPS) is 11.1. The van der Waals surface area contributed by atoms with Gasteiger partial charge in [0, 0.05) is 16.9 Å². The number of anilines is 1. The van der Waals surface area contributed by atoms with Crippen LogP contribution in [-0.2, 0) is 4.79 Å². The molecule has 1 amide bonds. The minimum atomic E-state index is -0.695. The number of pyridine rings is 1. The molecule has 0 saturated carbocycles. The number of halogens is 1. The highest BCUT2D eigenvalue weighted by molar-refractivity contribution is 6.30. The fourth-order valence-electron chi connectivity index (χ4n) is 3.27. The van der Waals surface area contributed by atoms with Gasteiger partial charge < -0.3 is 14.8 Å².